The van der Waals surface area contributed by atoms with Crippen molar-refractivity contribution in [2.75, 3.05) is 20.8 Å². The van der Waals surface area contributed by atoms with E-state index < -0.39 is 16.0 Å². The molecule has 6 nitrogen and oxygen atoms in total. The van der Waals surface area contributed by atoms with Gasteiger partial charge in [0.1, 0.15) is 10.6 Å². The van der Waals surface area contributed by atoms with E-state index in [4.69, 9.17) is 4.74 Å². The lowest BCUT2D eigenvalue weighted by Gasteiger charge is -2.10. The fourth-order valence-electron chi connectivity index (χ4n) is 1.33. The summed E-state index contributed by atoms with van der Waals surface area (Å²) in [5.74, 6) is -0.252. The van der Waals surface area contributed by atoms with Crippen molar-refractivity contribution in [3.05, 3.63) is 22.7 Å². The maximum atomic E-state index is 12.1. The van der Waals surface area contributed by atoms with Gasteiger partial charge in [-0.15, -0.1) is 0 Å². The number of hydrogen-bond acceptors (Lipinski definition) is 5. The maximum absolute atomic E-state index is 12.1. The van der Waals surface area contributed by atoms with Gasteiger partial charge in [0.2, 0.25) is 10.0 Å². The smallest absolute Gasteiger partial charge is 0.306 e. The molecule has 0 bridgehead atoms. The summed E-state index contributed by atoms with van der Waals surface area (Å²) in [5, 5.41) is 0. The van der Waals surface area contributed by atoms with Gasteiger partial charge in [0.15, 0.2) is 0 Å². The fourth-order valence-corrected chi connectivity index (χ4v) is 3.07. The Balaban J connectivity index is 2.88. The molecular formula is C11H14BrNO5S. The van der Waals surface area contributed by atoms with E-state index in [-0.39, 0.29) is 23.6 Å². The molecule has 1 aromatic carbocycles. The zero-order valence-corrected chi connectivity index (χ0v) is 12.9. The lowest BCUT2D eigenvalue weighted by molar-refractivity contribution is -0.140. The third-order valence-electron chi connectivity index (χ3n) is 2.26. The van der Waals surface area contributed by atoms with Crippen molar-refractivity contribution in [2.45, 2.75) is 11.3 Å². The number of esters is 1. The lowest BCUT2D eigenvalue weighted by Crippen LogP contribution is -2.27. The highest BCUT2D eigenvalue weighted by Crippen LogP contribution is 2.26. The standard InChI is InChI=1S/C11H14BrNO5S/c1-17-9-4-3-8(12)7-10(9)19(15,16)13-6-5-11(14)18-2/h3-4,7,13H,5-6H2,1-2H3. The van der Waals surface area contributed by atoms with Crippen molar-refractivity contribution < 1.29 is 22.7 Å². The van der Waals surface area contributed by atoms with E-state index >= 15 is 0 Å². The van der Waals surface area contributed by atoms with E-state index in [0.717, 1.165) is 0 Å². The molecule has 0 unspecified atom stereocenters. The molecular weight excluding hydrogens is 338 g/mol. The number of nitrogens with one attached hydrogen (secondary N) is 1. The van der Waals surface area contributed by atoms with Crippen molar-refractivity contribution in [2.24, 2.45) is 0 Å². The van der Waals surface area contributed by atoms with Crippen molar-refractivity contribution >= 4 is 31.9 Å². The van der Waals surface area contributed by atoms with E-state index in [0.29, 0.717) is 4.47 Å². The average molecular weight is 352 g/mol. The van der Waals surface area contributed by atoms with E-state index in [2.05, 4.69) is 25.4 Å². The molecule has 0 aliphatic rings. The van der Waals surface area contributed by atoms with Gasteiger partial charge in [-0.2, -0.15) is 0 Å². The second kappa shape index (κ2) is 6.88. The SMILES string of the molecule is COC(=O)CCNS(=O)(=O)c1cc(Br)ccc1OC. The van der Waals surface area contributed by atoms with Crippen molar-refractivity contribution in [1.82, 2.24) is 4.72 Å². The molecule has 0 aliphatic carbocycles. The third-order valence-corrected chi connectivity index (χ3v) is 4.24. The van der Waals surface area contributed by atoms with E-state index in [1.165, 1.54) is 20.3 Å². The number of ether oxygens (including phenoxy) is 2. The van der Waals surface area contributed by atoms with Crippen LogP contribution in [0.5, 0.6) is 5.75 Å². The first kappa shape index (κ1) is 15.9. The molecule has 106 valence electrons. The highest BCUT2D eigenvalue weighted by molar-refractivity contribution is 9.10. The third kappa shape index (κ3) is 4.48. The number of sulfonamides is 1. The monoisotopic (exact) mass is 351 g/mol. The molecule has 0 radical (unpaired) electrons. The van der Waals surface area contributed by atoms with Crippen LogP contribution in [0.1, 0.15) is 6.42 Å². The molecule has 0 aromatic heterocycles. The maximum Gasteiger partial charge on any atom is 0.306 e. The summed E-state index contributed by atoms with van der Waals surface area (Å²) in [6.45, 7) is -0.0370. The Kier molecular flexibility index (Phi) is 5.77. The number of rotatable bonds is 6. The van der Waals surface area contributed by atoms with Crippen LogP contribution >= 0.6 is 15.9 Å². The zero-order valence-electron chi connectivity index (χ0n) is 10.5. The summed E-state index contributed by atoms with van der Waals surface area (Å²) in [5.41, 5.74) is 0. The van der Waals surface area contributed by atoms with Gasteiger partial charge >= 0.3 is 5.97 Å². The van der Waals surface area contributed by atoms with Crippen LogP contribution in [-0.4, -0.2) is 35.2 Å². The molecule has 0 aliphatic heterocycles. The van der Waals surface area contributed by atoms with Crippen molar-refractivity contribution in [1.29, 1.82) is 0 Å². The molecule has 8 heteroatoms. The van der Waals surface area contributed by atoms with Crippen LogP contribution in [0.2, 0.25) is 0 Å². The minimum absolute atomic E-state index is 0.00856. The Bertz CT molecular complexity index is 558. The molecule has 0 atom stereocenters. The number of carbonyl (C=O) groups excluding carboxylic acids is 1. The summed E-state index contributed by atoms with van der Waals surface area (Å²) in [7, 11) is -1.11. The first-order valence-electron chi connectivity index (χ1n) is 5.30. The molecule has 19 heavy (non-hydrogen) atoms. The highest BCUT2D eigenvalue weighted by atomic mass is 79.9. The molecule has 0 spiro atoms. The molecule has 0 saturated carbocycles. The highest BCUT2D eigenvalue weighted by Gasteiger charge is 2.19. The number of methoxy groups -OCH3 is 2. The zero-order chi connectivity index (χ0) is 14.5. The van der Waals surface area contributed by atoms with Crippen LogP contribution in [0.4, 0.5) is 0 Å². The first-order valence-corrected chi connectivity index (χ1v) is 7.58. The van der Waals surface area contributed by atoms with Gasteiger partial charge in [0, 0.05) is 11.0 Å². The second-order valence-electron chi connectivity index (χ2n) is 3.52. The Hall–Kier alpha value is -1.12. The van der Waals surface area contributed by atoms with Gasteiger partial charge < -0.3 is 9.47 Å². The molecule has 1 N–H and O–H groups in total. The molecule has 0 heterocycles. The Morgan fingerprint density at radius 2 is 2.05 bits per heavy atom. The minimum atomic E-state index is -3.74. The second-order valence-corrected chi connectivity index (χ2v) is 6.17. The quantitative estimate of drug-likeness (QED) is 0.781. The van der Waals surface area contributed by atoms with E-state index in [1.54, 1.807) is 12.1 Å². The van der Waals surface area contributed by atoms with Crippen LogP contribution < -0.4 is 9.46 Å². The van der Waals surface area contributed by atoms with Gasteiger partial charge in [-0.25, -0.2) is 13.1 Å². The van der Waals surface area contributed by atoms with Crippen LogP contribution in [0.25, 0.3) is 0 Å². The number of halogens is 1. The first-order chi connectivity index (χ1) is 8.90. The van der Waals surface area contributed by atoms with Gasteiger partial charge in [-0.05, 0) is 18.2 Å². The van der Waals surface area contributed by atoms with Gasteiger partial charge in [-0.1, -0.05) is 15.9 Å². The predicted octanol–water partition coefficient (Wildman–Crippen LogP) is 1.30. The van der Waals surface area contributed by atoms with Gasteiger partial charge in [-0.3, -0.25) is 4.79 Å². The van der Waals surface area contributed by atoms with Crippen LogP contribution in [0.3, 0.4) is 0 Å². The number of hydrogen-bond donors (Lipinski definition) is 1. The topological polar surface area (TPSA) is 81.7 Å². The van der Waals surface area contributed by atoms with Crippen LogP contribution in [-0.2, 0) is 19.6 Å². The summed E-state index contributed by atoms with van der Waals surface area (Å²) < 4.78 is 36.5. The molecule has 1 aromatic rings. The Morgan fingerprint density at radius 3 is 2.63 bits per heavy atom. The van der Waals surface area contributed by atoms with Crippen molar-refractivity contribution in [3.63, 3.8) is 0 Å². The average Bonchev–Trinajstić information content (AvgIpc) is 2.38. The number of carbonyl (C=O) groups is 1. The summed E-state index contributed by atoms with van der Waals surface area (Å²) >= 11 is 3.20. The lowest BCUT2D eigenvalue weighted by atomic mass is 10.3. The molecule has 0 saturated heterocycles. The molecule has 1 rings (SSSR count). The normalized spacial score (nSPS) is 11.1. The summed E-state index contributed by atoms with van der Waals surface area (Å²) in [4.78, 5) is 10.9. The predicted molar refractivity (Wildman–Crippen MR) is 72.5 cm³/mol. The van der Waals surface area contributed by atoms with Crippen LogP contribution in [0.15, 0.2) is 27.6 Å². The van der Waals surface area contributed by atoms with Crippen molar-refractivity contribution in [3.8, 4) is 5.75 Å². The molecule has 0 fully saturated rings. The van der Waals surface area contributed by atoms with E-state index in [1.807, 2.05) is 0 Å². The Morgan fingerprint density at radius 1 is 1.37 bits per heavy atom. The number of benzene rings is 1. The largest absolute Gasteiger partial charge is 0.495 e. The molecule has 0 amide bonds. The Labute approximate surface area is 120 Å². The summed E-state index contributed by atoms with van der Waals surface area (Å²) in [6, 6.07) is 4.64. The summed E-state index contributed by atoms with van der Waals surface area (Å²) in [6.07, 6.45) is -0.0357. The van der Waals surface area contributed by atoms with Crippen LogP contribution in [0, 0.1) is 0 Å². The minimum Gasteiger partial charge on any atom is -0.495 e. The van der Waals surface area contributed by atoms with Gasteiger partial charge in [0.05, 0.1) is 20.6 Å². The van der Waals surface area contributed by atoms with E-state index in [9.17, 15) is 13.2 Å². The fraction of sp³-hybridized carbons (Fsp3) is 0.364. The van der Waals surface area contributed by atoms with Gasteiger partial charge in [0.25, 0.3) is 0 Å².